The Morgan fingerprint density at radius 1 is 1.20 bits per heavy atom. The summed E-state index contributed by atoms with van der Waals surface area (Å²) in [5.41, 5.74) is 0. The molecule has 0 unspecified atom stereocenters. The second-order valence-electron chi connectivity index (χ2n) is 6.53. The van der Waals surface area contributed by atoms with E-state index >= 15 is 0 Å². The molecule has 0 spiro atoms. The highest BCUT2D eigenvalue weighted by molar-refractivity contribution is 5.82. The fraction of sp³-hybridized carbons (Fsp3) is 0.556. The molecule has 1 aromatic rings. The van der Waals surface area contributed by atoms with E-state index in [2.05, 4.69) is 0 Å². The molecule has 0 aliphatic carbocycles. The monoisotopic (exact) mass is 350 g/mol. The summed E-state index contributed by atoms with van der Waals surface area (Å²) in [5.74, 6) is -0.392. The van der Waals surface area contributed by atoms with Crippen molar-refractivity contribution in [3.8, 4) is 5.75 Å². The summed E-state index contributed by atoms with van der Waals surface area (Å²) in [6, 6.07) is 6.26. The number of hydrogen-bond acceptors (Lipinski definition) is 4. The van der Waals surface area contributed by atoms with Crippen molar-refractivity contribution in [3.63, 3.8) is 0 Å². The molecule has 3 rings (SSSR count). The summed E-state index contributed by atoms with van der Waals surface area (Å²) in [4.78, 5) is 27.9. The largest absolute Gasteiger partial charge is 0.484 e. The molecule has 2 heterocycles. The molecule has 0 aromatic heterocycles. The Hall–Kier alpha value is -2.15. The van der Waals surface area contributed by atoms with Gasteiger partial charge in [-0.1, -0.05) is 12.1 Å². The lowest BCUT2D eigenvalue weighted by molar-refractivity contribution is -0.148. The highest BCUT2D eigenvalue weighted by atomic mass is 19.1. The van der Waals surface area contributed by atoms with Crippen molar-refractivity contribution in [1.29, 1.82) is 0 Å². The maximum absolute atomic E-state index is 13.6. The zero-order valence-corrected chi connectivity index (χ0v) is 14.3. The van der Waals surface area contributed by atoms with Crippen molar-refractivity contribution >= 4 is 11.8 Å². The number of carbonyl (C=O) groups is 2. The van der Waals surface area contributed by atoms with Gasteiger partial charge in [-0.15, -0.1) is 0 Å². The van der Waals surface area contributed by atoms with Gasteiger partial charge in [0.2, 0.25) is 11.8 Å². The number of likely N-dealkylation sites (tertiary alicyclic amines) is 2. The Labute approximate surface area is 146 Å². The van der Waals surface area contributed by atoms with Gasteiger partial charge in [-0.2, -0.15) is 0 Å². The number of carbonyl (C=O) groups excluding carboxylic acids is 2. The van der Waals surface area contributed by atoms with E-state index in [4.69, 9.17) is 9.47 Å². The molecule has 0 saturated carbocycles. The van der Waals surface area contributed by atoms with Crippen LogP contribution in [0.15, 0.2) is 24.3 Å². The SMILES string of the molecule is COCC(=O)N1CCC[C@@H](C(=O)N2CC(Oc3ccccc3F)C2)C1. The Bertz CT molecular complexity index is 633. The molecular weight excluding hydrogens is 327 g/mol. The van der Waals surface area contributed by atoms with Gasteiger partial charge in [-0.05, 0) is 25.0 Å². The first-order chi connectivity index (χ1) is 12.1. The molecule has 0 bridgehead atoms. The van der Waals surface area contributed by atoms with Crippen molar-refractivity contribution in [3.05, 3.63) is 30.1 Å². The maximum atomic E-state index is 13.6. The minimum atomic E-state index is -0.396. The number of benzene rings is 1. The number of rotatable bonds is 5. The van der Waals surface area contributed by atoms with Crippen molar-refractivity contribution in [2.75, 3.05) is 39.9 Å². The van der Waals surface area contributed by atoms with Gasteiger partial charge in [0.25, 0.3) is 0 Å². The number of halogens is 1. The molecule has 7 heteroatoms. The summed E-state index contributed by atoms with van der Waals surface area (Å²) in [5, 5.41) is 0. The second kappa shape index (κ2) is 7.82. The Morgan fingerprint density at radius 3 is 2.68 bits per heavy atom. The fourth-order valence-corrected chi connectivity index (χ4v) is 3.29. The Kier molecular flexibility index (Phi) is 5.53. The fourth-order valence-electron chi connectivity index (χ4n) is 3.29. The molecule has 0 N–H and O–H groups in total. The molecule has 25 heavy (non-hydrogen) atoms. The van der Waals surface area contributed by atoms with Crippen molar-refractivity contribution < 1.29 is 23.5 Å². The number of nitrogens with zero attached hydrogens (tertiary/aromatic N) is 2. The zero-order chi connectivity index (χ0) is 17.8. The van der Waals surface area contributed by atoms with E-state index in [0.29, 0.717) is 26.2 Å². The van der Waals surface area contributed by atoms with Gasteiger partial charge in [0.05, 0.1) is 19.0 Å². The molecule has 2 amide bonds. The van der Waals surface area contributed by atoms with Crippen LogP contribution in [-0.4, -0.2) is 67.6 Å². The third-order valence-electron chi connectivity index (χ3n) is 4.68. The zero-order valence-electron chi connectivity index (χ0n) is 14.3. The summed E-state index contributed by atoms with van der Waals surface area (Å²) in [7, 11) is 1.49. The lowest BCUT2D eigenvalue weighted by Crippen LogP contribution is -2.59. The highest BCUT2D eigenvalue weighted by Crippen LogP contribution is 2.25. The molecule has 136 valence electrons. The van der Waals surface area contributed by atoms with Crippen LogP contribution in [0, 0.1) is 11.7 Å². The minimum Gasteiger partial charge on any atom is -0.484 e. The van der Waals surface area contributed by atoms with E-state index < -0.39 is 5.82 Å². The number of methoxy groups -OCH3 is 1. The first-order valence-electron chi connectivity index (χ1n) is 8.55. The Morgan fingerprint density at radius 2 is 1.96 bits per heavy atom. The Balaban J connectivity index is 1.48. The van der Waals surface area contributed by atoms with Crippen LogP contribution < -0.4 is 4.74 Å². The molecule has 1 atom stereocenters. The molecule has 1 aromatic carbocycles. The van der Waals surface area contributed by atoms with Gasteiger partial charge in [0.15, 0.2) is 11.6 Å². The van der Waals surface area contributed by atoms with Gasteiger partial charge in [-0.3, -0.25) is 9.59 Å². The van der Waals surface area contributed by atoms with Gasteiger partial charge >= 0.3 is 0 Å². The second-order valence-corrected chi connectivity index (χ2v) is 6.53. The van der Waals surface area contributed by atoms with E-state index in [0.717, 1.165) is 12.8 Å². The molecule has 2 saturated heterocycles. The third kappa shape index (κ3) is 4.10. The van der Waals surface area contributed by atoms with E-state index in [1.165, 1.54) is 13.2 Å². The van der Waals surface area contributed by atoms with E-state index in [1.807, 2.05) is 0 Å². The number of amides is 2. The van der Waals surface area contributed by atoms with E-state index in [-0.39, 0.29) is 36.2 Å². The van der Waals surface area contributed by atoms with E-state index in [1.54, 1.807) is 28.0 Å². The molecule has 6 nitrogen and oxygen atoms in total. The van der Waals surface area contributed by atoms with Crippen LogP contribution in [0.1, 0.15) is 12.8 Å². The van der Waals surface area contributed by atoms with Gasteiger partial charge in [0, 0.05) is 20.2 Å². The average Bonchev–Trinajstić information content (AvgIpc) is 2.59. The van der Waals surface area contributed by atoms with Crippen LogP contribution in [0.4, 0.5) is 4.39 Å². The predicted octanol–water partition coefficient (Wildman–Crippen LogP) is 1.30. The minimum absolute atomic E-state index is 0.0447. The third-order valence-corrected chi connectivity index (χ3v) is 4.68. The number of hydrogen-bond donors (Lipinski definition) is 0. The van der Waals surface area contributed by atoms with E-state index in [9.17, 15) is 14.0 Å². The van der Waals surface area contributed by atoms with Crippen LogP contribution in [0.3, 0.4) is 0 Å². The maximum Gasteiger partial charge on any atom is 0.248 e. The molecule has 0 radical (unpaired) electrons. The number of piperidine rings is 1. The first-order valence-corrected chi connectivity index (χ1v) is 8.55. The average molecular weight is 350 g/mol. The highest BCUT2D eigenvalue weighted by Gasteiger charge is 2.38. The lowest BCUT2D eigenvalue weighted by Gasteiger charge is -2.42. The summed E-state index contributed by atoms with van der Waals surface area (Å²) >= 11 is 0. The quantitative estimate of drug-likeness (QED) is 0.803. The molecule has 2 aliphatic heterocycles. The van der Waals surface area contributed by atoms with Crippen molar-refractivity contribution in [2.45, 2.75) is 18.9 Å². The van der Waals surface area contributed by atoms with Gasteiger partial charge in [0.1, 0.15) is 12.7 Å². The van der Waals surface area contributed by atoms with Crippen LogP contribution in [-0.2, 0) is 14.3 Å². The van der Waals surface area contributed by atoms with Crippen molar-refractivity contribution in [1.82, 2.24) is 9.80 Å². The topological polar surface area (TPSA) is 59.1 Å². The van der Waals surface area contributed by atoms with Crippen LogP contribution in [0.2, 0.25) is 0 Å². The number of para-hydroxylation sites is 1. The van der Waals surface area contributed by atoms with Crippen LogP contribution in [0.25, 0.3) is 0 Å². The van der Waals surface area contributed by atoms with Crippen LogP contribution >= 0.6 is 0 Å². The van der Waals surface area contributed by atoms with Gasteiger partial charge < -0.3 is 19.3 Å². The summed E-state index contributed by atoms with van der Waals surface area (Å²) in [6.07, 6.45) is 1.41. The molecule has 2 fully saturated rings. The van der Waals surface area contributed by atoms with Crippen molar-refractivity contribution in [2.24, 2.45) is 5.92 Å². The molecule has 2 aliphatic rings. The first kappa shape index (κ1) is 17.7. The standard InChI is InChI=1S/C18H23FN2O4/c1-24-12-17(22)20-8-4-5-13(9-20)18(23)21-10-14(11-21)25-16-7-3-2-6-15(16)19/h2-3,6-7,13-14H,4-5,8-12H2,1H3/t13-/m1/s1. The summed E-state index contributed by atoms with van der Waals surface area (Å²) < 4.78 is 24.1. The lowest BCUT2D eigenvalue weighted by atomic mass is 9.94. The van der Waals surface area contributed by atoms with Gasteiger partial charge in [-0.25, -0.2) is 4.39 Å². The number of ether oxygens (including phenoxy) is 2. The smallest absolute Gasteiger partial charge is 0.248 e. The predicted molar refractivity (Wildman–Crippen MR) is 88.6 cm³/mol. The molecular formula is C18H23FN2O4. The normalized spacial score (nSPS) is 21.0. The summed E-state index contributed by atoms with van der Waals surface area (Å²) in [6.45, 7) is 2.07. The van der Waals surface area contributed by atoms with Crippen LogP contribution in [0.5, 0.6) is 5.75 Å².